The molecular weight excluding hydrogens is 645 g/mol. The maximum absolute atomic E-state index is 13.7. The van der Waals surface area contributed by atoms with Gasteiger partial charge in [-0.25, -0.2) is 9.69 Å². The number of phenols is 1. The Morgan fingerprint density at radius 2 is 1.64 bits per heavy atom. The molecule has 3 N–H and O–H groups in total. The Kier molecular flexibility index (Phi) is 11.7. The Morgan fingerprint density at radius 3 is 2.26 bits per heavy atom. The predicted molar refractivity (Wildman–Crippen MR) is 183 cm³/mol. The molecule has 47 heavy (non-hydrogen) atoms. The van der Waals surface area contributed by atoms with Gasteiger partial charge in [0, 0.05) is 16.1 Å². The van der Waals surface area contributed by atoms with Crippen molar-refractivity contribution in [2.75, 3.05) is 22.3 Å². The summed E-state index contributed by atoms with van der Waals surface area (Å²) in [6, 6.07) is 19.9. The first-order chi connectivity index (χ1) is 22.4. The zero-order valence-corrected chi connectivity index (χ0v) is 28.1. The van der Waals surface area contributed by atoms with Crippen molar-refractivity contribution in [3.63, 3.8) is 0 Å². The first-order valence-electron chi connectivity index (χ1n) is 14.9. The lowest BCUT2D eigenvalue weighted by Gasteiger charge is -2.28. The van der Waals surface area contributed by atoms with E-state index in [2.05, 4.69) is 10.6 Å². The third kappa shape index (κ3) is 8.93. The van der Waals surface area contributed by atoms with Crippen molar-refractivity contribution in [3.8, 4) is 23.0 Å². The van der Waals surface area contributed by atoms with Gasteiger partial charge < -0.3 is 35.1 Å². The molecule has 0 heterocycles. The van der Waals surface area contributed by atoms with Crippen LogP contribution in [0, 0.1) is 13.8 Å². The van der Waals surface area contributed by atoms with Crippen molar-refractivity contribution < 1.29 is 34.0 Å². The molecule has 0 saturated heterocycles. The highest BCUT2D eigenvalue weighted by Gasteiger charge is 2.28. The van der Waals surface area contributed by atoms with Gasteiger partial charge >= 0.3 is 6.09 Å². The van der Waals surface area contributed by atoms with E-state index in [1.54, 1.807) is 39.0 Å². The molecule has 1 unspecified atom stereocenters. The molecule has 10 nitrogen and oxygen atoms in total. The van der Waals surface area contributed by atoms with Crippen molar-refractivity contribution in [2.24, 2.45) is 0 Å². The van der Waals surface area contributed by atoms with Crippen LogP contribution in [0.1, 0.15) is 38.3 Å². The lowest BCUT2D eigenvalue weighted by Crippen LogP contribution is -2.34. The summed E-state index contributed by atoms with van der Waals surface area (Å²) < 4.78 is 17.4. The number of anilines is 4. The van der Waals surface area contributed by atoms with Crippen LogP contribution in [-0.2, 0) is 9.53 Å². The Morgan fingerprint density at radius 1 is 0.957 bits per heavy atom. The quantitative estimate of drug-likeness (QED) is 0.101. The highest BCUT2D eigenvalue weighted by molar-refractivity contribution is 6.37. The van der Waals surface area contributed by atoms with Gasteiger partial charge in [0.15, 0.2) is 12.8 Å². The van der Waals surface area contributed by atoms with Gasteiger partial charge in [0.25, 0.3) is 5.91 Å². The summed E-state index contributed by atoms with van der Waals surface area (Å²) in [6.45, 7) is 8.93. The van der Waals surface area contributed by atoms with Gasteiger partial charge in [0.05, 0.1) is 28.9 Å². The summed E-state index contributed by atoms with van der Waals surface area (Å²) in [6.07, 6.45) is -2.02. The Labute approximate surface area is 283 Å². The topological polar surface area (TPSA) is 132 Å². The monoisotopic (exact) mass is 680 g/mol. The molecular formula is C35H36Cl2N3O7-. The average molecular weight is 682 g/mol. The first-order valence-corrected chi connectivity index (χ1v) is 15.6. The van der Waals surface area contributed by atoms with Crippen LogP contribution in [0.4, 0.5) is 27.5 Å². The SMILES string of the molecule is CCC(Oc1ccc(C)cc1C)C(=O)Nc1cc(O)c(NCOc2ccccc2)cc1N(C(=O)OC(C)C)c1cc(Cl)c([O-])c(Cl)c1. The zero-order valence-electron chi connectivity index (χ0n) is 26.6. The van der Waals surface area contributed by atoms with Crippen molar-refractivity contribution in [1.29, 1.82) is 0 Å². The van der Waals surface area contributed by atoms with Crippen molar-refractivity contribution in [3.05, 3.63) is 94.0 Å². The molecule has 0 saturated carbocycles. The Hall–Kier alpha value is -4.80. The standard InChI is InChI=1S/C35H37Cl2N3O7/c1-6-31(47-32-13-12-21(4)14-22(32)5)34(43)39-27-18-30(41)28(38-19-45-24-10-8-7-9-11-24)17-29(27)40(35(44)46-20(2)3)23-15-25(36)33(42)26(37)16-23/h7-18,20,31,38,41-42H,6,19H2,1-5H3,(H,39,43)/p-1. The smallest absolute Gasteiger partial charge is 0.419 e. The normalized spacial score (nSPS) is 11.5. The number of phenolic OH excluding ortho intramolecular Hbond substituents is 1. The number of aryl methyl sites for hydroxylation is 2. The van der Waals surface area contributed by atoms with E-state index in [-0.39, 0.29) is 45.3 Å². The van der Waals surface area contributed by atoms with Crippen LogP contribution in [0.15, 0.2) is 72.8 Å². The number of nitrogens with one attached hydrogen (secondary N) is 2. The number of aromatic hydroxyl groups is 1. The molecule has 0 fully saturated rings. The molecule has 0 aliphatic rings. The van der Waals surface area contributed by atoms with E-state index < -0.39 is 30.0 Å². The molecule has 0 aromatic heterocycles. The molecule has 4 rings (SSSR count). The largest absolute Gasteiger partial charge is 0.870 e. The van der Waals surface area contributed by atoms with E-state index in [1.165, 1.54) is 24.3 Å². The minimum atomic E-state index is -0.928. The second-order valence-corrected chi connectivity index (χ2v) is 11.8. The molecule has 12 heteroatoms. The van der Waals surface area contributed by atoms with Crippen LogP contribution in [-0.4, -0.2) is 36.0 Å². The van der Waals surface area contributed by atoms with Crippen LogP contribution in [0.3, 0.4) is 0 Å². The van der Waals surface area contributed by atoms with Crippen LogP contribution < -0.4 is 30.1 Å². The molecule has 0 radical (unpaired) electrons. The number of amides is 2. The second-order valence-electron chi connectivity index (χ2n) is 10.9. The number of carbonyl (C=O) groups excluding carboxylic acids is 2. The molecule has 0 bridgehead atoms. The average Bonchev–Trinajstić information content (AvgIpc) is 3.01. The van der Waals surface area contributed by atoms with Crippen molar-refractivity contribution in [2.45, 2.75) is 53.2 Å². The third-order valence-corrected chi connectivity index (χ3v) is 7.44. The second kappa shape index (κ2) is 15.7. The lowest BCUT2D eigenvalue weighted by molar-refractivity contribution is -0.268. The summed E-state index contributed by atoms with van der Waals surface area (Å²) >= 11 is 12.4. The zero-order chi connectivity index (χ0) is 34.2. The highest BCUT2D eigenvalue weighted by atomic mass is 35.5. The number of benzene rings is 4. The number of halogens is 2. The first kappa shape index (κ1) is 35.1. The molecule has 0 spiro atoms. The fourth-order valence-corrected chi connectivity index (χ4v) is 5.09. The van der Waals surface area contributed by atoms with E-state index in [9.17, 15) is 19.8 Å². The van der Waals surface area contributed by atoms with Gasteiger partial charge in [0.1, 0.15) is 17.2 Å². The summed E-state index contributed by atoms with van der Waals surface area (Å²) in [7, 11) is 0. The molecule has 1 atom stereocenters. The molecule has 4 aromatic carbocycles. The number of ether oxygens (including phenoxy) is 3. The number of nitrogens with zero attached hydrogens (tertiary/aromatic N) is 1. The Bertz CT molecular complexity index is 1710. The van der Waals surface area contributed by atoms with Crippen molar-refractivity contribution in [1.82, 2.24) is 0 Å². The number of carbonyl (C=O) groups is 2. The number of hydrogen-bond acceptors (Lipinski definition) is 8. The van der Waals surface area contributed by atoms with Gasteiger partial charge in [-0.3, -0.25) is 4.79 Å². The summed E-state index contributed by atoms with van der Waals surface area (Å²) in [5.41, 5.74) is 2.25. The van der Waals surface area contributed by atoms with Crippen LogP contribution in [0.5, 0.6) is 23.0 Å². The minimum Gasteiger partial charge on any atom is -0.870 e. The van der Waals surface area contributed by atoms with Gasteiger partial charge in [-0.2, -0.15) is 0 Å². The van der Waals surface area contributed by atoms with Crippen LogP contribution in [0.2, 0.25) is 10.0 Å². The van der Waals surface area contributed by atoms with Gasteiger partial charge in [-0.05, 0) is 76.1 Å². The minimum absolute atomic E-state index is 0.0313. The highest BCUT2D eigenvalue weighted by Crippen LogP contribution is 2.43. The van der Waals surface area contributed by atoms with Gasteiger partial charge in [0.2, 0.25) is 0 Å². The maximum Gasteiger partial charge on any atom is 0.419 e. The van der Waals surface area contributed by atoms with Crippen LogP contribution >= 0.6 is 23.2 Å². The fraction of sp³-hybridized carbons (Fsp3) is 0.257. The van der Waals surface area contributed by atoms with Crippen LogP contribution in [0.25, 0.3) is 0 Å². The van der Waals surface area contributed by atoms with E-state index in [0.29, 0.717) is 17.9 Å². The number of rotatable bonds is 12. The van der Waals surface area contributed by atoms with Crippen molar-refractivity contribution >= 4 is 58.0 Å². The number of para-hydroxylation sites is 1. The van der Waals surface area contributed by atoms with Gasteiger partial charge in [-0.15, -0.1) is 0 Å². The number of hydrogen-bond donors (Lipinski definition) is 3. The maximum atomic E-state index is 13.7. The fourth-order valence-electron chi connectivity index (χ4n) is 4.61. The molecule has 0 aliphatic heterocycles. The van der Waals surface area contributed by atoms with E-state index in [1.807, 2.05) is 44.2 Å². The third-order valence-electron chi connectivity index (χ3n) is 6.88. The summed E-state index contributed by atoms with van der Waals surface area (Å²) in [5, 5.41) is 28.7. The molecule has 4 aromatic rings. The predicted octanol–water partition coefficient (Wildman–Crippen LogP) is 8.32. The summed E-state index contributed by atoms with van der Waals surface area (Å²) in [5.74, 6) is -0.287. The van der Waals surface area contributed by atoms with E-state index >= 15 is 0 Å². The van der Waals surface area contributed by atoms with E-state index in [4.69, 9.17) is 37.4 Å². The molecule has 2 amide bonds. The molecule has 0 aliphatic carbocycles. The summed E-state index contributed by atoms with van der Waals surface area (Å²) in [4.78, 5) is 28.5. The molecule has 248 valence electrons. The Balaban J connectivity index is 1.78. The van der Waals surface area contributed by atoms with E-state index in [0.717, 1.165) is 16.0 Å². The lowest BCUT2D eigenvalue weighted by atomic mass is 10.1. The van der Waals surface area contributed by atoms with Gasteiger partial charge in [-0.1, -0.05) is 71.8 Å².